The van der Waals surface area contributed by atoms with Gasteiger partial charge in [-0.1, -0.05) is 24.3 Å². The van der Waals surface area contributed by atoms with Crippen LogP contribution < -0.4 is 5.32 Å². The van der Waals surface area contributed by atoms with Crippen LogP contribution >= 0.6 is 0 Å². The van der Waals surface area contributed by atoms with Gasteiger partial charge in [0.25, 0.3) is 0 Å². The molecular weight excluding hydrogens is 264 g/mol. The summed E-state index contributed by atoms with van der Waals surface area (Å²) >= 11 is 0. The highest BCUT2D eigenvalue weighted by Gasteiger charge is 2.25. The number of aliphatic hydroxyl groups excluding tert-OH is 1. The molecule has 108 valence electrons. The lowest BCUT2D eigenvalue weighted by Gasteiger charge is -2.18. The lowest BCUT2D eigenvalue weighted by Crippen LogP contribution is -2.33. The largest absolute Gasteiger partial charge is 0.391 e. The molecule has 2 amide bonds. The average molecular weight is 282 g/mol. The van der Waals surface area contributed by atoms with E-state index in [-0.39, 0.29) is 12.1 Å². The number of amides is 2. The first-order chi connectivity index (χ1) is 10.2. The van der Waals surface area contributed by atoms with E-state index in [1.54, 1.807) is 4.90 Å². The third-order valence-electron chi connectivity index (χ3n) is 4.57. The molecule has 0 radical (unpaired) electrons. The Morgan fingerprint density at radius 2 is 2.00 bits per heavy atom. The molecule has 0 aromatic heterocycles. The summed E-state index contributed by atoms with van der Waals surface area (Å²) in [5, 5.41) is 15.0. The molecule has 1 saturated heterocycles. The zero-order valence-electron chi connectivity index (χ0n) is 11.8. The van der Waals surface area contributed by atoms with E-state index in [9.17, 15) is 9.90 Å². The van der Waals surface area contributed by atoms with Gasteiger partial charge in [0.15, 0.2) is 0 Å². The summed E-state index contributed by atoms with van der Waals surface area (Å²) in [5.41, 5.74) is 3.61. The van der Waals surface area contributed by atoms with Crippen molar-refractivity contribution >= 4 is 22.5 Å². The number of hydrogen-bond acceptors (Lipinski definition) is 2. The normalized spacial score (nSPS) is 20.2. The van der Waals surface area contributed by atoms with Crippen molar-refractivity contribution in [1.82, 2.24) is 4.90 Å². The van der Waals surface area contributed by atoms with E-state index in [1.807, 2.05) is 6.07 Å². The van der Waals surface area contributed by atoms with Gasteiger partial charge in [0.2, 0.25) is 0 Å². The minimum absolute atomic E-state index is 0.120. The lowest BCUT2D eigenvalue weighted by atomic mass is 10.0. The van der Waals surface area contributed by atoms with Gasteiger partial charge in [-0.2, -0.15) is 0 Å². The highest BCUT2D eigenvalue weighted by molar-refractivity contribution is 6.04. The second-order valence-electron chi connectivity index (χ2n) is 5.93. The van der Waals surface area contributed by atoms with Gasteiger partial charge in [0.05, 0.1) is 11.8 Å². The Balaban J connectivity index is 1.67. The van der Waals surface area contributed by atoms with Gasteiger partial charge >= 0.3 is 6.03 Å². The monoisotopic (exact) mass is 282 g/mol. The Morgan fingerprint density at radius 3 is 2.76 bits per heavy atom. The molecule has 2 aromatic rings. The highest BCUT2D eigenvalue weighted by atomic mass is 16.3. The molecule has 2 N–H and O–H groups in total. The second-order valence-corrected chi connectivity index (χ2v) is 5.93. The number of rotatable bonds is 1. The Kier molecular flexibility index (Phi) is 2.86. The van der Waals surface area contributed by atoms with Crippen LogP contribution in [0.2, 0.25) is 0 Å². The number of hydrogen-bond donors (Lipinski definition) is 2. The maximum atomic E-state index is 12.3. The fraction of sp³-hybridized carbons (Fsp3) is 0.353. The number of likely N-dealkylation sites (tertiary alicyclic amines) is 1. The first-order valence-corrected chi connectivity index (χ1v) is 7.50. The molecule has 4 heteroatoms. The molecule has 1 heterocycles. The second kappa shape index (κ2) is 4.74. The molecule has 0 unspecified atom stereocenters. The average Bonchev–Trinajstić information content (AvgIpc) is 3.10. The van der Waals surface area contributed by atoms with Crippen molar-refractivity contribution < 1.29 is 9.90 Å². The number of anilines is 1. The summed E-state index contributed by atoms with van der Waals surface area (Å²) in [6.07, 6.45) is 2.45. The van der Waals surface area contributed by atoms with E-state index < -0.39 is 0 Å². The van der Waals surface area contributed by atoms with Crippen LogP contribution in [0.1, 0.15) is 17.5 Å². The van der Waals surface area contributed by atoms with Crippen LogP contribution in [0.4, 0.5) is 10.5 Å². The van der Waals surface area contributed by atoms with Gasteiger partial charge in [0.1, 0.15) is 0 Å². The minimum atomic E-state index is -0.386. The first kappa shape index (κ1) is 12.7. The van der Waals surface area contributed by atoms with Crippen molar-refractivity contribution in [2.75, 3.05) is 18.4 Å². The standard InChI is InChI=1S/C17H18N2O2/c20-13-8-9-19(10-13)17(21)18-15-7-6-12-5-4-11-2-1-3-14(15)16(11)12/h1-3,6-7,13,20H,4-5,8-10H2,(H,18,21)/t13-/m1/s1. The topological polar surface area (TPSA) is 52.6 Å². The fourth-order valence-electron chi connectivity index (χ4n) is 3.48. The summed E-state index contributed by atoms with van der Waals surface area (Å²) in [6, 6.07) is 10.3. The van der Waals surface area contributed by atoms with E-state index in [4.69, 9.17) is 0 Å². The van der Waals surface area contributed by atoms with Crippen LogP contribution in [0.5, 0.6) is 0 Å². The third kappa shape index (κ3) is 2.07. The third-order valence-corrected chi connectivity index (χ3v) is 4.57. The molecule has 0 bridgehead atoms. The maximum Gasteiger partial charge on any atom is 0.321 e. The van der Waals surface area contributed by atoms with Gasteiger partial charge in [-0.3, -0.25) is 0 Å². The number of aliphatic hydroxyl groups is 1. The van der Waals surface area contributed by atoms with Crippen LogP contribution in [0, 0.1) is 0 Å². The Morgan fingerprint density at radius 1 is 1.19 bits per heavy atom. The molecule has 4 rings (SSSR count). The molecule has 1 fully saturated rings. The maximum absolute atomic E-state index is 12.3. The van der Waals surface area contributed by atoms with Gasteiger partial charge in [-0.25, -0.2) is 4.79 Å². The molecule has 2 aliphatic rings. The summed E-state index contributed by atoms with van der Waals surface area (Å²) in [7, 11) is 0. The lowest BCUT2D eigenvalue weighted by molar-refractivity contribution is 0.176. The Bertz CT molecular complexity index is 716. The number of β-amino-alcohol motifs (C(OH)–C–C–N with tert-alkyl or cyclic N) is 1. The molecule has 2 aromatic carbocycles. The van der Waals surface area contributed by atoms with Gasteiger partial charge in [-0.15, -0.1) is 0 Å². The van der Waals surface area contributed by atoms with Crippen LogP contribution in [0.15, 0.2) is 30.3 Å². The zero-order valence-corrected chi connectivity index (χ0v) is 11.8. The van der Waals surface area contributed by atoms with E-state index >= 15 is 0 Å². The van der Waals surface area contributed by atoms with Crippen molar-refractivity contribution in [2.24, 2.45) is 0 Å². The van der Waals surface area contributed by atoms with E-state index in [2.05, 4.69) is 29.6 Å². The number of benzene rings is 2. The number of nitrogens with one attached hydrogen (secondary N) is 1. The van der Waals surface area contributed by atoms with Crippen LogP contribution in [0.25, 0.3) is 10.8 Å². The molecule has 1 aliphatic carbocycles. The van der Waals surface area contributed by atoms with Gasteiger partial charge < -0.3 is 15.3 Å². The number of carbonyl (C=O) groups is 1. The van der Waals surface area contributed by atoms with Crippen LogP contribution in [-0.4, -0.2) is 35.2 Å². The van der Waals surface area contributed by atoms with E-state index in [0.717, 1.165) is 23.9 Å². The van der Waals surface area contributed by atoms with Gasteiger partial charge in [-0.05, 0) is 41.8 Å². The summed E-state index contributed by atoms with van der Waals surface area (Å²) in [4.78, 5) is 14.0. The SMILES string of the molecule is O=C(Nc1ccc2c3c(cccc13)CC2)N1CC[C@@H](O)C1. The van der Waals surface area contributed by atoms with Crippen molar-refractivity contribution in [3.05, 3.63) is 41.5 Å². The molecule has 4 nitrogen and oxygen atoms in total. The quantitative estimate of drug-likeness (QED) is 0.844. The summed E-state index contributed by atoms with van der Waals surface area (Å²) < 4.78 is 0. The predicted molar refractivity (Wildman–Crippen MR) is 82.6 cm³/mol. The Hall–Kier alpha value is -2.07. The van der Waals surface area contributed by atoms with E-state index in [0.29, 0.717) is 19.5 Å². The number of aryl methyl sites for hydroxylation is 2. The van der Waals surface area contributed by atoms with E-state index in [1.165, 1.54) is 16.5 Å². The highest BCUT2D eigenvalue weighted by Crippen LogP contribution is 2.35. The minimum Gasteiger partial charge on any atom is -0.391 e. The molecule has 0 spiro atoms. The zero-order chi connectivity index (χ0) is 14.4. The van der Waals surface area contributed by atoms with Crippen molar-refractivity contribution in [1.29, 1.82) is 0 Å². The molecular formula is C17H18N2O2. The van der Waals surface area contributed by atoms with Crippen molar-refractivity contribution in [3.63, 3.8) is 0 Å². The smallest absolute Gasteiger partial charge is 0.321 e. The van der Waals surface area contributed by atoms with Crippen molar-refractivity contribution in [3.8, 4) is 0 Å². The number of carbonyl (C=O) groups excluding carboxylic acids is 1. The van der Waals surface area contributed by atoms with Crippen LogP contribution in [0.3, 0.4) is 0 Å². The predicted octanol–water partition coefficient (Wildman–Crippen LogP) is 2.54. The fourth-order valence-corrected chi connectivity index (χ4v) is 3.48. The molecule has 1 atom stereocenters. The molecule has 1 aliphatic heterocycles. The number of nitrogens with zero attached hydrogens (tertiary/aromatic N) is 1. The molecule has 21 heavy (non-hydrogen) atoms. The first-order valence-electron chi connectivity index (χ1n) is 7.50. The van der Waals surface area contributed by atoms with Crippen molar-refractivity contribution in [2.45, 2.75) is 25.4 Å². The summed E-state index contributed by atoms with van der Waals surface area (Å²) in [6.45, 7) is 1.04. The Labute approximate surface area is 123 Å². The molecule has 0 saturated carbocycles. The van der Waals surface area contributed by atoms with Crippen LogP contribution in [-0.2, 0) is 12.8 Å². The number of urea groups is 1. The summed E-state index contributed by atoms with van der Waals surface area (Å²) in [5.74, 6) is 0. The van der Waals surface area contributed by atoms with Gasteiger partial charge in [0, 0.05) is 18.5 Å².